The third-order valence-electron chi connectivity index (χ3n) is 10.1. The Bertz CT molecular complexity index is 1890. The molecule has 8 N–H and O–H groups in total. The molecular weight excluding hydrogens is 795 g/mol. The van der Waals surface area contributed by atoms with Crippen molar-refractivity contribution < 1.29 is 43.7 Å². The first-order valence-corrected chi connectivity index (χ1v) is 21.6. The number of carboxylic acids is 2. The number of anilines is 2. The summed E-state index contributed by atoms with van der Waals surface area (Å²) in [5, 5.41) is 22.8. The van der Waals surface area contributed by atoms with Crippen LogP contribution in [-0.2, 0) is 46.5 Å². The summed E-state index contributed by atoms with van der Waals surface area (Å²) in [5.41, 5.74) is 16.8. The Balaban J connectivity index is 1.05. The van der Waals surface area contributed by atoms with Crippen LogP contribution >= 0.6 is 11.8 Å². The molecule has 3 aromatic rings. The van der Waals surface area contributed by atoms with Gasteiger partial charge in [0.1, 0.15) is 16.8 Å². The number of carboxylic acid groups (broad SMARTS) is 2. The lowest BCUT2D eigenvalue weighted by Gasteiger charge is -2.35. The van der Waals surface area contributed by atoms with Gasteiger partial charge in [0.2, 0.25) is 17.8 Å². The number of carbonyl (C=O) groups excluding carboxylic acids is 3. The number of thioether (sulfide) groups is 1. The van der Waals surface area contributed by atoms with E-state index in [2.05, 4.69) is 62.1 Å². The molecule has 2 atom stereocenters. The fraction of sp³-hybridized carbons (Fsp3) is 0.585. The lowest BCUT2D eigenvalue weighted by Crippen LogP contribution is -2.48. The Morgan fingerprint density at radius 1 is 0.917 bits per heavy atom. The quantitative estimate of drug-likeness (QED) is 0.0574. The number of ether oxygens (including phenoxy) is 2. The number of Topliss-reactive ketones (excluding diaryl/α,β-unsaturated/α-hetero) is 1. The second-order valence-electron chi connectivity index (χ2n) is 14.9. The lowest BCUT2D eigenvalue weighted by molar-refractivity contribution is -0.139. The number of aliphatic carboxylic acids is 2. The van der Waals surface area contributed by atoms with Crippen LogP contribution in [0.5, 0.6) is 0 Å². The number of ketones is 1. The minimum atomic E-state index is -1.27. The molecule has 0 bridgehead atoms. The number of benzene rings is 1. The molecule has 2 aromatic heterocycles. The number of nitrogens with one attached hydrogen (secondary N) is 2. The second kappa shape index (κ2) is 25.1. The zero-order valence-electron chi connectivity index (χ0n) is 34.7. The molecule has 2 amide bonds. The molecule has 1 saturated heterocycles. The first-order valence-electron chi connectivity index (χ1n) is 20.6. The van der Waals surface area contributed by atoms with Crippen LogP contribution in [0, 0.1) is 6.92 Å². The zero-order chi connectivity index (χ0) is 43.4. The molecular formula is C41H61N9O9S. The van der Waals surface area contributed by atoms with Gasteiger partial charge in [0.05, 0.1) is 38.3 Å². The lowest BCUT2D eigenvalue weighted by atomic mass is 10.0. The number of nitrogens with zero attached hydrogens (tertiary/aromatic N) is 5. The average Bonchev–Trinajstić information content (AvgIpc) is 3.62. The highest BCUT2D eigenvalue weighted by Crippen LogP contribution is 2.25. The summed E-state index contributed by atoms with van der Waals surface area (Å²) in [6, 6.07) is 7.36. The van der Waals surface area contributed by atoms with E-state index in [1.807, 2.05) is 17.2 Å². The number of hydrogen-bond donors (Lipinski definition) is 6. The molecule has 1 aromatic carbocycles. The summed E-state index contributed by atoms with van der Waals surface area (Å²) < 4.78 is 13.3. The van der Waals surface area contributed by atoms with Gasteiger partial charge < -0.3 is 51.3 Å². The van der Waals surface area contributed by atoms with Crippen LogP contribution in [0.2, 0.25) is 0 Å². The van der Waals surface area contributed by atoms with E-state index in [9.17, 15) is 29.1 Å². The van der Waals surface area contributed by atoms with Crippen LogP contribution in [-0.4, -0.2) is 147 Å². The largest absolute Gasteiger partial charge is 0.480 e. The van der Waals surface area contributed by atoms with Crippen LogP contribution in [0.25, 0.3) is 11.0 Å². The summed E-state index contributed by atoms with van der Waals surface area (Å²) in [5.74, 6) is -2.47. The summed E-state index contributed by atoms with van der Waals surface area (Å²) >= 11 is 0.762. The summed E-state index contributed by atoms with van der Waals surface area (Å²) in [6.45, 7) is 10.5. The number of hydrogen-bond acceptors (Lipinski definition) is 14. The van der Waals surface area contributed by atoms with Crippen LogP contribution in [0.1, 0.15) is 68.6 Å². The van der Waals surface area contributed by atoms with Crippen molar-refractivity contribution in [3.8, 4) is 0 Å². The number of piperazine rings is 1. The minimum Gasteiger partial charge on any atom is -0.480 e. The number of nitrogens with two attached hydrogens (primary N) is 2. The van der Waals surface area contributed by atoms with Gasteiger partial charge in [-0.05, 0) is 42.5 Å². The van der Waals surface area contributed by atoms with Crippen molar-refractivity contribution in [3.05, 3.63) is 47.2 Å². The molecule has 3 heterocycles. The Hall–Kier alpha value is -4.82. The van der Waals surface area contributed by atoms with Gasteiger partial charge in [0.15, 0.2) is 11.6 Å². The molecule has 330 valence electrons. The third-order valence-corrected chi connectivity index (χ3v) is 11.4. The molecule has 1 fully saturated rings. The Labute approximate surface area is 355 Å². The number of carbonyl (C=O) groups is 5. The molecule has 0 radical (unpaired) electrons. The zero-order valence-corrected chi connectivity index (χ0v) is 35.6. The van der Waals surface area contributed by atoms with Crippen molar-refractivity contribution in [2.24, 2.45) is 5.73 Å². The van der Waals surface area contributed by atoms with Gasteiger partial charge >= 0.3 is 11.9 Å². The first-order chi connectivity index (χ1) is 28.8. The van der Waals surface area contributed by atoms with Crippen LogP contribution in [0.3, 0.4) is 0 Å². The maximum absolute atomic E-state index is 12.8. The van der Waals surface area contributed by atoms with Crippen molar-refractivity contribution in [2.45, 2.75) is 83.2 Å². The van der Waals surface area contributed by atoms with E-state index in [1.165, 1.54) is 16.7 Å². The summed E-state index contributed by atoms with van der Waals surface area (Å²) in [7, 11) is 0. The van der Waals surface area contributed by atoms with Crippen LogP contribution in [0.4, 0.5) is 11.8 Å². The van der Waals surface area contributed by atoms with Crippen molar-refractivity contribution in [1.82, 2.24) is 29.7 Å². The molecule has 1 aliphatic heterocycles. The van der Waals surface area contributed by atoms with Crippen molar-refractivity contribution in [3.63, 3.8) is 0 Å². The smallest absolute Gasteiger partial charge is 0.321 e. The molecule has 19 heteroatoms. The van der Waals surface area contributed by atoms with E-state index in [0.717, 1.165) is 74.1 Å². The number of amides is 2. The van der Waals surface area contributed by atoms with Gasteiger partial charge in [0.25, 0.3) is 0 Å². The van der Waals surface area contributed by atoms with E-state index in [1.54, 1.807) is 0 Å². The molecule has 18 nitrogen and oxygen atoms in total. The highest BCUT2D eigenvalue weighted by molar-refractivity contribution is 8.00. The number of nitrogen functional groups attached to an aromatic ring is 1. The molecule has 0 aliphatic carbocycles. The van der Waals surface area contributed by atoms with Crippen LogP contribution < -0.4 is 22.1 Å². The van der Waals surface area contributed by atoms with Gasteiger partial charge in [-0.15, -0.1) is 11.8 Å². The molecule has 0 saturated carbocycles. The fourth-order valence-corrected chi connectivity index (χ4v) is 7.63. The Morgan fingerprint density at radius 2 is 1.67 bits per heavy atom. The Kier molecular flexibility index (Phi) is 20.0. The predicted molar refractivity (Wildman–Crippen MR) is 230 cm³/mol. The Morgan fingerprint density at radius 3 is 2.37 bits per heavy atom. The van der Waals surface area contributed by atoms with E-state index in [0.29, 0.717) is 45.9 Å². The van der Waals surface area contributed by atoms with Gasteiger partial charge in [-0.25, -0.2) is 4.98 Å². The third kappa shape index (κ3) is 16.0. The SMILES string of the molecule is CCCCCNc1nc(N)nc2ccn(Cc3ccc(CN4CCN(C(=O)CCOCCOCCCC(=O)CNC(=O)CC(SC[C@H](N)C(=O)O)C(=O)O)CC4)cc3C)c12. The maximum atomic E-state index is 12.8. The number of rotatable bonds is 28. The first kappa shape index (κ1) is 47.9. The predicted octanol–water partition coefficient (Wildman–Crippen LogP) is 2.49. The fourth-order valence-electron chi connectivity index (χ4n) is 6.64. The van der Waals surface area contributed by atoms with Crippen LogP contribution in [0.15, 0.2) is 30.5 Å². The van der Waals surface area contributed by atoms with Gasteiger partial charge in [-0.2, -0.15) is 4.98 Å². The highest BCUT2D eigenvalue weighted by Gasteiger charge is 2.25. The number of aryl methyl sites for hydroxylation is 1. The van der Waals surface area contributed by atoms with Crippen molar-refractivity contribution in [2.75, 3.05) is 82.5 Å². The van der Waals surface area contributed by atoms with Crippen molar-refractivity contribution >= 4 is 64.1 Å². The van der Waals surface area contributed by atoms with E-state index < -0.39 is 35.6 Å². The summed E-state index contributed by atoms with van der Waals surface area (Å²) in [6.07, 6.45) is 5.87. The maximum Gasteiger partial charge on any atom is 0.321 e. The minimum absolute atomic E-state index is 0.0610. The topological polar surface area (TPSA) is 258 Å². The normalized spacial score (nSPS) is 14.2. The number of unbranched alkanes of at least 4 members (excludes halogenated alkanes) is 2. The summed E-state index contributed by atoms with van der Waals surface area (Å²) in [4.78, 5) is 72.5. The van der Waals surface area contributed by atoms with Gasteiger partial charge in [-0.3, -0.25) is 28.9 Å². The van der Waals surface area contributed by atoms with Gasteiger partial charge in [-0.1, -0.05) is 38.0 Å². The molecule has 0 spiro atoms. The standard InChI is InChI=1S/C41H61N9O9S/c1-3-4-5-12-44-38-37-33(46-41(43)47-38)10-13-50(37)26-30-9-8-29(22-28(30)2)25-48-14-16-49(17-15-48)36(53)11-19-59-21-20-58-18-6-7-31(51)24-45-35(52)23-34(40(56)57)60-27-32(42)39(54)55/h8-10,13,22,32,34H,3-7,11-12,14-21,23-27,42H2,1-2H3,(H,45,52)(H,54,55)(H,56,57)(H3,43,44,46,47)/t32-,34?/m0/s1. The highest BCUT2D eigenvalue weighted by atomic mass is 32.2. The molecule has 60 heavy (non-hydrogen) atoms. The van der Waals surface area contributed by atoms with E-state index in [-0.39, 0.29) is 49.4 Å². The van der Waals surface area contributed by atoms with E-state index in [4.69, 9.17) is 26.0 Å². The second-order valence-corrected chi connectivity index (χ2v) is 16.1. The number of fused-ring (bicyclic) bond motifs is 1. The van der Waals surface area contributed by atoms with Gasteiger partial charge in [0, 0.05) is 77.2 Å². The van der Waals surface area contributed by atoms with E-state index >= 15 is 0 Å². The molecule has 1 aliphatic rings. The van der Waals surface area contributed by atoms with Crippen molar-refractivity contribution in [1.29, 1.82) is 0 Å². The molecule has 1 unspecified atom stereocenters. The average molecular weight is 856 g/mol. The number of aromatic nitrogens is 3. The molecule has 4 rings (SSSR count). The monoisotopic (exact) mass is 855 g/mol.